The molecule has 0 aliphatic carbocycles. The third-order valence-corrected chi connectivity index (χ3v) is 5.10. The van der Waals surface area contributed by atoms with Gasteiger partial charge < -0.3 is 9.64 Å². The number of carbonyl (C=O) groups excluding carboxylic acids is 1. The molecule has 2 aromatic heterocycles. The Hall–Kier alpha value is -3.09. The third kappa shape index (κ3) is 3.28. The van der Waals surface area contributed by atoms with Gasteiger partial charge in [0.25, 0.3) is 5.56 Å². The summed E-state index contributed by atoms with van der Waals surface area (Å²) in [5.41, 5.74) is 3.60. The van der Waals surface area contributed by atoms with Crippen LogP contribution in [0.3, 0.4) is 0 Å². The van der Waals surface area contributed by atoms with E-state index in [1.165, 1.54) is 4.52 Å². The van der Waals surface area contributed by atoms with Crippen LogP contribution in [0.2, 0.25) is 0 Å². The van der Waals surface area contributed by atoms with E-state index in [1.807, 2.05) is 44.2 Å². The van der Waals surface area contributed by atoms with Gasteiger partial charge in [0.2, 0.25) is 5.91 Å². The quantitative estimate of drug-likeness (QED) is 0.755. The van der Waals surface area contributed by atoms with Gasteiger partial charge in [0.15, 0.2) is 5.65 Å². The van der Waals surface area contributed by atoms with Crippen LogP contribution in [-0.4, -0.2) is 39.1 Å². The molecule has 0 saturated carbocycles. The van der Waals surface area contributed by atoms with E-state index in [2.05, 4.69) is 10.1 Å². The summed E-state index contributed by atoms with van der Waals surface area (Å²) >= 11 is 0. The fourth-order valence-electron chi connectivity index (χ4n) is 3.59. The minimum Gasteiger partial charge on any atom is -0.497 e. The smallest absolute Gasteiger partial charge is 0.277 e. The van der Waals surface area contributed by atoms with Crippen molar-refractivity contribution in [2.45, 2.75) is 33.2 Å². The summed E-state index contributed by atoms with van der Waals surface area (Å²) in [5, 5.41) is 3.14. The first-order valence-corrected chi connectivity index (χ1v) is 9.52. The summed E-state index contributed by atoms with van der Waals surface area (Å²) < 4.78 is 6.66. The van der Waals surface area contributed by atoms with Gasteiger partial charge in [-0.3, -0.25) is 14.7 Å². The van der Waals surface area contributed by atoms with Crippen molar-refractivity contribution in [3.05, 3.63) is 51.9 Å². The average molecular weight is 380 g/mol. The largest absolute Gasteiger partial charge is 0.497 e. The van der Waals surface area contributed by atoms with Gasteiger partial charge in [0.05, 0.1) is 30.6 Å². The Morgan fingerprint density at radius 3 is 2.71 bits per heavy atom. The van der Waals surface area contributed by atoms with Crippen molar-refractivity contribution >= 4 is 11.6 Å². The van der Waals surface area contributed by atoms with Crippen LogP contribution in [0.15, 0.2) is 35.1 Å². The Balaban J connectivity index is 1.69. The molecular weight excluding hydrogens is 356 g/mol. The molecule has 3 heterocycles. The van der Waals surface area contributed by atoms with Crippen molar-refractivity contribution in [2.75, 3.05) is 13.7 Å². The standard InChI is InChI=1S/C21H24N4O3/c1-13(2)10-20(26)24-9-8-17-16(12-24)21(27)25-19(22-17)11-18(23-25)14-4-6-15(28-3)7-5-14/h4-7,11,13,23H,8-10,12H2,1-3H3. The van der Waals surface area contributed by atoms with E-state index in [0.29, 0.717) is 43.1 Å². The van der Waals surface area contributed by atoms with Gasteiger partial charge in [-0.15, -0.1) is 0 Å². The molecule has 0 radical (unpaired) electrons. The number of amides is 1. The van der Waals surface area contributed by atoms with Crippen molar-refractivity contribution < 1.29 is 9.53 Å². The van der Waals surface area contributed by atoms with Crippen LogP contribution in [0, 0.1) is 5.92 Å². The Morgan fingerprint density at radius 1 is 1.29 bits per heavy atom. The first-order valence-electron chi connectivity index (χ1n) is 9.52. The number of benzene rings is 1. The zero-order valence-electron chi connectivity index (χ0n) is 16.4. The van der Waals surface area contributed by atoms with Crippen LogP contribution in [0.25, 0.3) is 16.9 Å². The molecule has 1 N–H and O–H groups in total. The molecule has 1 amide bonds. The highest BCUT2D eigenvalue weighted by Crippen LogP contribution is 2.23. The number of carbonyl (C=O) groups is 1. The zero-order valence-corrected chi connectivity index (χ0v) is 16.4. The SMILES string of the molecule is COc1ccc(-c2cc3nc4c(c(=O)n3[nH]2)CN(C(=O)CC(C)C)CC4)cc1. The first-order chi connectivity index (χ1) is 13.5. The molecule has 7 heteroatoms. The van der Waals surface area contributed by atoms with E-state index in [0.717, 1.165) is 22.7 Å². The van der Waals surface area contributed by atoms with E-state index in [4.69, 9.17) is 4.74 Å². The number of hydrogen-bond donors (Lipinski definition) is 1. The number of aromatic nitrogens is 3. The lowest BCUT2D eigenvalue weighted by molar-refractivity contribution is -0.132. The number of fused-ring (bicyclic) bond motifs is 2. The molecule has 4 rings (SSSR count). The third-order valence-electron chi connectivity index (χ3n) is 5.10. The lowest BCUT2D eigenvalue weighted by atomic mass is 10.0. The summed E-state index contributed by atoms with van der Waals surface area (Å²) in [5.74, 6) is 1.17. The summed E-state index contributed by atoms with van der Waals surface area (Å²) in [7, 11) is 1.63. The molecule has 28 heavy (non-hydrogen) atoms. The maximum absolute atomic E-state index is 13.0. The van der Waals surface area contributed by atoms with Crippen LogP contribution in [0.4, 0.5) is 0 Å². The Morgan fingerprint density at radius 2 is 2.04 bits per heavy atom. The second-order valence-corrected chi connectivity index (χ2v) is 7.60. The van der Waals surface area contributed by atoms with Gasteiger partial charge in [-0.1, -0.05) is 13.8 Å². The van der Waals surface area contributed by atoms with Crippen molar-refractivity contribution in [1.82, 2.24) is 19.5 Å². The summed E-state index contributed by atoms with van der Waals surface area (Å²) in [4.78, 5) is 31.9. The van der Waals surface area contributed by atoms with E-state index in [1.54, 1.807) is 12.0 Å². The summed E-state index contributed by atoms with van der Waals surface area (Å²) in [6.45, 7) is 4.98. The monoisotopic (exact) mass is 380 g/mol. The highest BCUT2D eigenvalue weighted by atomic mass is 16.5. The lowest BCUT2D eigenvalue weighted by Crippen LogP contribution is -2.40. The molecule has 0 unspecified atom stereocenters. The summed E-state index contributed by atoms with van der Waals surface area (Å²) in [6.07, 6.45) is 1.10. The Kier molecular flexibility index (Phi) is 4.66. The van der Waals surface area contributed by atoms with E-state index < -0.39 is 0 Å². The Bertz CT molecular complexity index is 1080. The second kappa shape index (κ2) is 7.14. The van der Waals surface area contributed by atoms with E-state index in [9.17, 15) is 9.59 Å². The van der Waals surface area contributed by atoms with Crippen LogP contribution < -0.4 is 10.3 Å². The van der Waals surface area contributed by atoms with Gasteiger partial charge in [-0.2, -0.15) is 0 Å². The predicted octanol–water partition coefficient (Wildman–Crippen LogP) is 2.63. The number of ether oxygens (including phenoxy) is 1. The zero-order chi connectivity index (χ0) is 19.8. The average Bonchev–Trinajstić information content (AvgIpc) is 3.12. The molecule has 0 atom stereocenters. The topological polar surface area (TPSA) is 79.7 Å². The normalized spacial score (nSPS) is 13.8. The molecular formula is C21H24N4O3. The molecule has 3 aromatic rings. The highest BCUT2D eigenvalue weighted by molar-refractivity contribution is 5.76. The predicted molar refractivity (Wildman–Crippen MR) is 106 cm³/mol. The number of nitrogens with zero attached hydrogens (tertiary/aromatic N) is 3. The fraction of sp³-hybridized carbons (Fsp3) is 0.381. The van der Waals surface area contributed by atoms with Crippen LogP contribution in [-0.2, 0) is 17.8 Å². The maximum atomic E-state index is 13.0. The van der Waals surface area contributed by atoms with Gasteiger partial charge >= 0.3 is 0 Å². The number of hydrogen-bond acceptors (Lipinski definition) is 4. The van der Waals surface area contributed by atoms with Crippen LogP contribution in [0.1, 0.15) is 31.5 Å². The molecule has 1 aliphatic rings. The van der Waals surface area contributed by atoms with Crippen molar-refractivity contribution in [1.29, 1.82) is 0 Å². The van der Waals surface area contributed by atoms with Crippen LogP contribution in [0.5, 0.6) is 5.75 Å². The lowest BCUT2D eigenvalue weighted by Gasteiger charge is -2.28. The Labute approximate surface area is 162 Å². The van der Waals surface area contributed by atoms with Gasteiger partial charge in [-0.25, -0.2) is 9.50 Å². The number of H-pyrrole nitrogens is 1. The molecule has 0 saturated heterocycles. The molecule has 146 valence electrons. The van der Waals surface area contributed by atoms with E-state index in [-0.39, 0.29) is 11.5 Å². The van der Waals surface area contributed by atoms with Gasteiger partial charge in [0.1, 0.15) is 5.75 Å². The minimum atomic E-state index is -0.137. The van der Waals surface area contributed by atoms with Crippen molar-refractivity contribution in [3.8, 4) is 17.0 Å². The molecule has 7 nitrogen and oxygen atoms in total. The first kappa shape index (κ1) is 18.3. The van der Waals surface area contributed by atoms with Crippen molar-refractivity contribution in [3.63, 3.8) is 0 Å². The number of aromatic amines is 1. The maximum Gasteiger partial charge on any atom is 0.277 e. The number of rotatable bonds is 4. The van der Waals surface area contributed by atoms with Crippen molar-refractivity contribution in [2.24, 2.45) is 5.92 Å². The number of methoxy groups -OCH3 is 1. The van der Waals surface area contributed by atoms with Gasteiger partial charge in [0, 0.05) is 25.5 Å². The molecule has 0 bridgehead atoms. The minimum absolute atomic E-state index is 0.0931. The van der Waals surface area contributed by atoms with Crippen LogP contribution >= 0.6 is 0 Å². The molecule has 1 aliphatic heterocycles. The molecule has 0 fully saturated rings. The number of nitrogens with one attached hydrogen (secondary N) is 1. The van der Waals surface area contributed by atoms with E-state index >= 15 is 0 Å². The fourth-order valence-corrected chi connectivity index (χ4v) is 3.59. The van der Waals surface area contributed by atoms with Gasteiger partial charge in [-0.05, 0) is 35.7 Å². The second-order valence-electron chi connectivity index (χ2n) is 7.60. The molecule has 0 spiro atoms. The summed E-state index contributed by atoms with van der Waals surface area (Å²) in [6, 6.07) is 9.49. The highest BCUT2D eigenvalue weighted by Gasteiger charge is 2.25. The molecule has 1 aromatic carbocycles.